The van der Waals surface area contributed by atoms with Gasteiger partial charge in [-0.25, -0.2) is 8.42 Å². The summed E-state index contributed by atoms with van der Waals surface area (Å²) < 4.78 is 27.9. The molecule has 0 atom stereocenters. The second-order valence-corrected chi connectivity index (χ2v) is 8.68. The standard InChI is InChI=1S/C18H26N4O3S/c1-13(2)17-9-16(25-22-17)11-21-18(19-3)20-10-14-5-7-15(8-6-14)12-26(4,23)24/h5-9,13H,10-12H2,1-4H3,(H2,19,20,21). The van der Waals surface area contributed by atoms with Crippen LogP contribution in [-0.2, 0) is 28.7 Å². The van der Waals surface area contributed by atoms with E-state index >= 15 is 0 Å². The smallest absolute Gasteiger partial charge is 0.191 e. The molecule has 1 aromatic heterocycles. The van der Waals surface area contributed by atoms with Gasteiger partial charge in [0.15, 0.2) is 21.6 Å². The fraction of sp³-hybridized carbons (Fsp3) is 0.444. The third-order valence-corrected chi connectivity index (χ3v) is 4.59. The minimum Gasteiger partial charge on any atom is -0.359 e. The molecule has 1 aromatic carbocycles. The van der Waals surface area contributed by atoms with Gasteiger partial charge in [0.1, 0.15) is 0 Å². The van der Waals surface area contributed by atoms with Gasteiger partial charge in [0, 0.05) is 25.9 Å². The molecule has 0 aliphatic heterocycles. The number of nitrogens with one attached hydrogen (secondary N) is 2. The number of nitrogens with zero attached hydrogens (tertiary/aromatic N) is 2. The summed E-state index contributed by atoms with van der Waals surface area (Å²) in [7, 11) is -1.32. The van der Waals surface area contributed by atoms with Crippen LogP contribution in [0, 0.1) is 0 Å². The Balaban J connectivity index is 1.84. The first-order valence-electron chi connectivity index (χ1n) is 8.42. The van der Waals surface area contributed by atoms with E-state index in [4.69, 9.17) is 4.52 Å². The highest BCUT2D eigenvalue weighted by molar-refractivity contribution is 7.89. The van der Waals surface area contributed by atoms with Crippen molar-refractivity contribution in [1.29, 1.82) is 0 Å². The molecular formula is C18H26N4O3S. The van der Waals surface area contributed by atoms with Crippen LogP contribution in [0.15, 0.2) is 39.8 Å². The molecule has 26 heavy (non-hydrogen) atoms. The van der Waals surface area contributed by atoms with Crippen molar-refractivity contribution in [3.8, 4) is 0 Å². The molecule has 0 fully saturated rings. The minimum absolute atomic E-state index is 0.0550. The summed E-state index contributed by atoms with van der Waals surface area (Å²) in [5.74, 6) is 1.78. The summed E-state index contributed by atoms with van der Waals surface area (Å²) in [5.41, 5.74) is 2.75. The van der Waals surface area contributed by atoms with Crippen molar-refractivity contribution in [3.05, 3.63) is 52.9 Å². The number of hydrogen-bond acceptors (Lipinski definition) is 5. The molecule has 2 aromatic rings. The SMILES string of the molecule is CN=C(NCc1ccc(CS(C)(=O)=O)cc1)NCc1cc(C(C)C)no1. The molecule has 7 nitrogen and oxygen atoms in total. The van der Waals surface area contributed by atoms with Gasteiger partial charge >= 0.3 is 0 Å². The number of sulfone groups is 1. The molecule has 0 aliphatic carbocycles. The maximum atomic E-state index is 11.3. The van der Waals surface area contributed by atoms with E-state index in [-0.39, 0.29) is 5.75 Å². The molecule has 0 spiro atoms. The summed E-state index contributed by atoms with van der Waals surface area (Å²) in [6.45, 7) is 5.20. The predicted octanol–water partition coefficient (Wildman–Crippen LogP) is 2.21. The fourth-order valence-electron chi connectivity index (χ4n) is 2.32. The van der Waals surface area contributed by atoms with E-state index in [2.05, 4.69) is 34.6 Å². The third kappa shape index (κ3) is 6.51. The molecule has 0 saturated carbocycles. The van der Waals surface area contributed by atoms with Crippen molar-refractivity contribution < 1.29 is 12.9 Å². The summed E-state index contributed by atoms with van der Waals surface area (Å²) in [4.78, 5) is 4.18. The Morgan fingerprint density at radius 1 is 1.15 bits per heavy atom. The van der Waals surface area contributed by atoms with E-state index in [1.807, 2.05) is 30.3 Å². The quantitative estimate of drug-likeness (QED) is 0.566. The molecule has 0 saturated heterocycles. The van der Waals surface area contributed by atoms with Crippen LogP contribution < -0.4 is 10.6 Å². The highest BCUT2D eigenvalue weighted by Crippen LogP contribution is 2.13. The van der Waals surface area contributed by atoms with Crippen molar-refractivity contribution in [2.75, 3.05) is 13.3 Å². The normalized spacial score (nSPS) is 12.4. The summed E-state index contributed by atoms with van der Waals surface area (Å²) in [6, 6.07) is 9.41. The van der Waals surface area contributed by atoms with Gasteiger partial charge in [-0.2, -0.15) is 0 Å². The zero-order valence-electron chi connectivity index (χ0n) is 15.6. The Morgan fingerprint density at radius 3 is 2.31 bits per heavy atom. The average molecular weight is 378 g/mol. The second-order valence-electron chi connectivity index (χ2n) is 6.54. The van der Waals surface area contributed by atoms with Crippen molar-refractivity contribution in [2.45, 2.75) is 38.6 Å². The Morgan fingerprint density at radius 2 is 1.77 bits per heavy atom. The van der Waals surface area contributed by atoms with Gasteiger partial charge in [-0.15, -0.1) is 0 Å². The van der Waals surface area contributed by atoms with E-state index in [0.717, 1.165) is 22.6 Å². The first kappa shape index (κ1) is 20.0. The van der Waals surface area contributed by atoms with E-state index < -0.39 is 9.84 Å². The maximum absolute atomic E-state index is 11.3. The lowest BCUT2D eigenvalue weighted by atomic mass is 10.1. The van der Waals surface area contributed by atoms with Gasteiger partial charge in [-0.1, -0.05) is 43.3 Å². The Kier molecular flexibility index (Phi) is 6.79. The van der Waals surface area contributed by atoms with Crippen LogP contribution in [0.3, 0.4) is 0 Å². The van der Waals surface area contributed by atoms with Crippen LogP contribution in [0.1, 0.15) is 42.3 Å². The number of guanidine groups is 1. The molecule has 142 valence electrons. The lowest BCUT2D eigenvalue weighted by Crippen LogP contribution is -2.36. The van der Waals surface area contributed by atoms with Gasteiger partial charge in [0.25, 0.3) is 0 Å². The maximum Gasteiger partial charge on any atom is 0.191 e. The highest BCUT2D eigenvalue weighted by Gasteiger charge is 2.08. The Hall–Kier alpha value is -2.35. The summed E-state index contributed by atoms with van der Waals surface area (Å²) in [5, 5.41) is 10.4. The topological polar surface area (TPSA) is 96.6 Å². The van der Waals surface area contributed by atoms with Crippen LogP contribution in [0.4, 0.5) is 0 Å². The average Bonchev–Trinajstić information content (AvgIpc) is 3.04. The zero-order valence-corrected chi connectivity index (χ0v) is 16.4. The van der Waals surface area contributed by atoms with E-state index in [0.29, 0.717) is 25.0 Å². The first-order chi connectivity index (χ1) is 12.3. The third-order valence-electron chi connectivity index (χ3n) is 3.73. The number of benzene rings is 1. The lowest BCUT2D eigenvalue weighted by molar-refractivity contribution is 0.372. The summed E-state index contributed by atoms with van der Waals surface area (Å²) in [6.07, 6.45) is 1.23. The minimum atomic E-state index is -3.02. The van der Waals surface area contributed by atoms with Crippen LogP contribution in [-0.4, -0.2) is 32.8 Å². The monoisotopic (exact) mass is 378 g/mol. The van der Waals surface area contributed by atoms with Gasteiger partial charge in [-0.05, 0) is 17.0 Å². The molecule has 2 N–H and O–H groups in total. The second kappa shape index (κ2) is 8.84. The van der Waals surface area contributed by atoms with Gasteiger partial charge in [0.05, 0.1) is 18.0 Å². The van der Waals surface area contributed by atoms with Crippen LogP contribution >= 0.6 is 0 Å². The van der Waals surface area contributed by atoms with Gasteiger partial charge in [0.2, 0.25) is 0 Å². The molecule has 0 aliphatic rings. The molecule has 8 heteroatoms. The van der Waals surface area contributed by atoms with E-state index in [1.165, 1.54) is 6.26 Å². The molecule has 2 rings (SSSR count). The fourth-order valence-corrected chi connectivity index (χ4v) is 3.12. The molecule has 0 amide bonds. The Bertz CT molecular complexity index is 840. The van der Waals surface area contributed by atoms with Gasteiger partial charge in [-0.3, -0.25) is 4.99 Å². The van der Waals surface area contributed by atoms with Crippen molar-refractivity contribution in [3.63, 3.8) is 0 Å². The molecule has 0 bridgehead atoms. The first-order valence-corrected chi connectivity index (χ1v) is 10.5. The lowest BCUT2D eigenvalue weighted by Gasteiger charge is -2.11. The van der Waals surface area contributed by atoms with E-state index in [9.17, 15) is 8.42 Å². The van der Waals surface area contributed by atoms with Crippen molar-refractivity contribution >= 4 is 15.8 Å². The number of rotatable bonds is 7. The number of aliphatic imine (C=N–C) groups is 1. The highest BCUT2D eigenvalue weighted by atomic mass is 32.2. The van der Waals surface area contributed by atoms with Crippen LogP contribution in [0.25, 0.3) is 0 Å². The predicted molar refractivity (Wildman–Crippen MR) is 103 cm³/mol. The molecule has 1 heterocycles. The Labute approximate surface area is 154 Å². The van der Waals surface area contributed by atoms with Gasteiger partial charge < -0.3 is 15.2 Å². The largest absolute Gasteiger partial charge is 0.359 e. The van der Waals surface area contributed by atoms with Crippen LogP contribution in [0.2, 0.25) is 0 Å². The summed E-state index contributed by atoms with van der Waals surface area (Å²) >= 11 is 0. The molecule has 0 unspecified atom stereocenters. The van der Waals surface area contributed by atoms with Crippen molar-refractivity contribution in [1.82, 2.24) is 15.8 Å². The number of aromatic nitrogens is 1. The molecule has 0 radical (unpaired) electrons. The molecular weight excluding hydrogens is 352 g/mol. The van der Waals surface area contributed by atoms with E-state index in [1.54, 1.807) is 7.05 Å². The van der Waals surface area contributed by atoms with Crippen molar-refractivity contribution in [2.24, 2.45) is 4.99 Å². The number of hydrogen-bond donors (Lipinski definition) is 2. The zero-order chi connectivity index (χ0) is 19.2. The van der Waals surface area contributed by atoms with Crippen LogP contribution in [0.5, 0.6) is 0 Å².